The first-order valence-electron chi connectivity index (χ1n) is 5.70. The molecule has 0 rings (SSSR count). The van der Waals surface area contributed by atoms with Gasteiger partial charge in [0.1, 0.15) is 6.04 Å². The molecule has 5 N–H and O–H groups in total. The molecule has 0 spiro atoms. The van der Waals surface area contributed by atoms with E-state index in [4.69, 9.17) is 25.8 Å². The minimum absolute atomic E-state index is 0. The highest BCUT2D eigenvalue weighted by atomic mass is 19.4. The van der Waals surface area contributed by atoms with Crippen molar-refractivity contribution in [2.45, 2.75) is 38.9 Å². The summed E-state index contributed by atoms with van der Waals surface area (Å²) in [4.78, 5) is 29.8. The van der Waals surface area contributed by atoms with Crippen molar-refractivity contribution in [3.63, 3.8) is 0 Å². The maximum absolute atomic E-state index is 11.8. The van der Waals surface area contributed by atoms with E-state index >= 15 is 0 Å². The van der Waals surface area contributed by atoms with Crippen molar-refractivity contribution in [2.24, 2.45) is 5.73 Å². The summed E-state index contributed by atoms with van der Waals surface area (Å²) in [6.45, 7) is -0.602. The van der Waals surface area contributed by atoms with E-state index in [-0.39, 0.29) is 32.3 Å². The minimum atomic E-state index is -5.08. The van der Waals surface area contributed by atoms with Gasteiger partial charge in [-0.2, -0.15) is 13.2 Å². The Bertz CT molecular complexity index is 422. The molecule has 0 radical (unpaired) electrons. The third-order valence-electron chi connectivity index (χ3n) is 2.03. The van der Waals surface area contributed by atoms with E-state index in [0.717, 1.165) is 0 Å². The summed E-state index contributed by atoms with van der Waals surface area (Å²) in [5.74, 6) is -5.12. The number of nitrogens with two attached hydrogens (primary N) is 1. The van der Waals surface area contributed by atoms with Crippen molar-refractivity contribution in [1.29, 1.82) is 0 Å². The van der Waals surface area contributed by atoms with E-state index in [0.29, 0.717) is 0 Å². The van der Waals surface area contributed by atoms with Crippen LogP contribution in [0, 0.1) is 0 Å². The summed E-state index contributed by atoms with van der Waals surface area (Å²) in [6.07, 6.45) is -3.72. The van der Waals surface area contributed by atoms with Gasteiger partial charge in [0.05, 0.1) is 6.67 Å². The molecule has 0 saturated carbocycles. The summed E-state index contributed by atoms with van der Waals surface area (Å²) >= 11 is 0. The van der Waals surface area contributed by atoms with E-state index in [1.807, 2.05) is 0 Å². The van der Waals surface area contributed by atoms with Crippen LogP contribution < -0.4 is 5.73 Å². The van der Waals surface area contributed by atoms with E-state index < -0.39 is 36.8 Å². The fourth-order valence-electron chi connectivity index (χ4n) is 0.924. The zero-order valence-electron chi connectivity index (χ0n) is 11.1. The molecule has 0 aromatic rings. The van der Waals surface area contributed by atoms with E-state index in [9.17, 15) is 27.2 Å². The molecule has 11 heteroatoms. The largest absolute Gasteiger partial charge is 0.490 e. The molecular weight excluding hydrogens is 330 g/mol. The summed E-state index contributed by atoms with van der Waals surface area (Å²) in [5, 5.41) is 24.2. The molecule has 0 aliphatic heterocycles. The van der Waals surface area contributed by atoms with E-state index in [1.165, 1.54) is 6.08 Å². The lowest BCUT2D eigenvalue weighted by Gasteiger charge is -2.04. The molecule has 0 heterocycles. The molecule has 0 unspecified atom stereocenters. The van der Waals surface area contributed by atoms with Crippen molar-refractivity contribution in [2.75, 3.05) is 6.67 Å². The van der Waals surface area contributed by atoms with Crippen LogP contribution in [-0.2, 0) is 14.4 Å². The Labute approximate surface area is 129 Å². The van der Waals surface area contributed by atoms with Crippen LogP contribution in [0.1, 0.15) is 26.7 Å². The smallest absolute Gasteiger partial charge is 0.480 e. The maximum atomic E-state index is 11.8. The van der Waals surface area contributed by atoms with Gasteiger partial charge >= 0.3 is 24.1 Å². The number of rotatable bonds is 7. The molecular formula is C12H19F4NO6. The van der Waals surface area contributed by atoms with Gasteiger partial charge in [-0.15, -0.1) is 0 Å². The lowest BCUT2D eigenvalue weighted by atomic mass is 10.1. The average Bonchev–Trinajstić information content (AvgIpc) is 2.37. The first-order valence-corrected chi connectivity index (χ1v) is 5.70. The number of alkyl halides is 4. The van der Waals surface area contributed by atoms with Gasteiger partial charge in [-0.1, -0.05) is 13.5 Å². The number of hydrogen-bond acceptors (Lipinski definition) is 4. The van der Waals surface area contributed by atoms with Crippen molar-refractivity contribution in [3.05, 3.63) is 11.6 Å². The SMILES string of the molecule is C.N[C@@H](C/C=C(/CCCF)C(=O)O)C(=O)O.O=C(O)C(F)(F)F. The van der Waals surface area contributed by atoms with Crippen molar-refractivity contribution in [1.82, 2.24) is 0 Å². The molecule has 0 amide bonds. The number of hydrogen-bond donors (Lipinski definition) is 4. The van der Waals surface area contributed by atoms with Gasteiger partial charge in [0.2, 0.25) is 0 Å². The third kappa shape index (κ3) is 14.5. The number of halogens is 4. The third-order valence-corrected chi connectivity index (χ3v) is 2.03. The van der Waals surface area contributed by atoms with E-state index in [2.05, 4.69) is 0 Å². The molecule has 0 aromatic heterocycles. The Morgan fingerprint density at radius 1 is 1.13 bits per heavy atom. The highest BCUT2D eigenvalue weighted by Gasteiger charge is 2.38. The Balaban J connectivity index is -0.000000425. The summed E-state index contributed by atoms with van der Waals surface area (Å²) in [6, 6.07) is -1.12. The van der Waals surface area contributed by atoms with Gasteiger partial charge < -0.3 is 21.1 Å². The molecule has 0 aliphatic carbocycles. The highest BCUT2D eigenvalue weighted by Crippen LogP contribution is 2.13. The summed E-state index contributed by atoms with van der Waals surface area (Å²) < 4.78 is 43.5. The zero-order chi connectivity index (χ0) is 17.9. The van der Waals surface area contributed by atoms with Crippen LogP contribution in [0.4, 0.5) is 17.6 Å². The lowest BCUT2D eigenvalue weighted by molar-refractivity contribution is -0.192. The molecule has 0 bridgehead atoms. The Morgan fingerprint density at radius 3 is 1.83 bits per heavy atom. The van der Waals surface area contributed by atoms with Crippen LogP contribution in [0.2, 0.25) is 0 Å². The number of aliphatic carboxylic acids is 3. The van der Waals surface area contributed by atoms with Gasteiger partial charge in [-0.25, -0.2) is 9.59 Å². The summed E-state index contributed by atoms with van der Waals surface area (Å²) in [7, 11) is 0. The van der Waals surface area contributed by atoms with Crippen LogP contribution in [0.15, 0.2) is 11.6 Å². The normalized spacial score (nSPS) is 12.3. The van der Waals surface area contributed by atoms with Gasteiger partial charge in [-0.3, -0.25) is 9.18 Å². The number of carboxylic acids is 3. The van der Waals surface area contributed by atoms with Crippen molar-refractivity contribution >= 4 is 17.9 Å². The Hall–Kier alpha value is -2.17. The molecule has 0 aromatic carbocycles. The second-order valence-electron chi connectivity index (χ2n) is 3.81. The fourth-order valence-corrected chi connectivity index (χ4v) is 0.924. The van der Waals surface area contributed by atoms with Crippen LogP contribution in [0.3, 0.4) is 0 Å². The first-order chi connectivity index (χ1) is 9.93. The predicted octanol–water partition coefficient (Wildman–Crippen LogP) is 1.82. The van der Waals surface area contributed by atoms with Crippen LogP contribution in [0.5, 0.6) is 0 Å². The van der Waals surface area contributed by atoms with Gasteiger partial charge in [0.15, 0.2) is 0 Å². The molecule has 0 fully saturated rings. The monoisotopic (exact) mass is 349 g/mol. The van der Waals surface area contributed by atoms with Crippen molar-refractivity contribution < 1.29 is 47.3 Å². The molecule has 0 saturated heterocycles. The Kier molecular flexibility index (Phi) is 13.9. The highest BCUT2D eigenvalue weighted by molar-refractivity contribution is 5.86. The van der Waals surface area contributed by atoms with Crippen molar-refractivity contribution in [3.8, 4) is 0 Å². The fraction of sp³-hybridized carbons (Fsp3) is 0.583. The van der Waals surface area contributed by atoms with Gasteiger partial charge in [0, 0.05) is 5.57 Å². The first kappa shape index (κ1) is 25.8. The topological polar surface area (TPSA) is 138 Å². The molecule has 7 nitrogen and oxygen atoms in total. The van der Waals surface area contributed by atoms with Crippen LogP contribution in [-0.4, -0.2) is 52.1 Å². The quantitative estimate of drug-likeness (QED) is 0.406. The molecule has 23 heavy (non-hydrogen) atoms. The molecule has 0 aliphatic rings. The zero-order valence-corrected chi connectivity index (χ0v) is 11.1. The second-order valence-corrected chi connectivity index (χ2v) is 3.81. The predicted molar refractivity (Wildman–Crippen MR) is 71.6 cm³/mol. The average molecular weight is 349 g/mol. The number of carbonyl (C=O) groups is 3. The van der Waals surface area contributed by atoms with Crippen LogP contribution >= 0.6 is 0 Å². The maximum Gasteiger partial charge on any atom is 0.490 e. The molecule has 1 atom stereocenters. The van der Waals surface area contributed by atoms with E-state index in [1.54, 1.807) is 0 Å². The standard InChI is InChI=1S/C9H14FNO4.C2HF3O2.CH4/c10-5-1-2-6(8(12)13)3-4-7(11)9(14)15;3-2(4,5)1(6)7;/h3,7H,1-2,4-5,11H2,(H,12,13)(H,14,15);(H,6,7);1H4/b6-3-;;/t7-;;/m0../s1. The number of carboxylic acid groups (broad SMARTS) is 3. The lowest BCUT2D eigenvalue weighted by Crippen LogP contribution is -2.29. The molecule has 136 valence electrons. The Morgan fingerprint density at radius 2 is 1.57 bits per heavy atom. The summed E-state index contributed by atoms with van der Waals surface area (Å²) in [5.41, 5.74) is 5.19. The van der Waals surface area contributed by atoms with Gasteiger partial charge in [-0.05, 0) is 19.3 Å². The van der Waals surface area contributed by atoms with Crippen LogP contribution in [0.25, 0.3) is 0 Å². The minimum Gasteiger partial charge on any atom is -0.480 e. The van der Waals surface area contributed by atoms with Gasteiger partial charge in [0.25, 0.3) is 0 Å². The second kappa shape index (κ2) is 12.4.